The van der Waals surface area contributed by atoms with Crippen LogP contribution in [-0.4, -0.2) is 28.7 Å². The Bertz CT molecular complexity index is 871. The molecule has 1 heterocycles. The molecule has 1 N–H and O–H groups in total. The molecule has 0 spiro atoms. The third-order valence-corrected chi connectivity index (χ3v) is 3.72. The summed E-state index contributed by atoms with van der Waals surface area (Å²) in [4.78, 5) is 3.96. The van der Waals surface area contributed by atoms with E-state index in [4.69, 9.17) is 0 Å². The number of aryl methyl sites for hydroxylation is 2. The number of nitrogens with one attached hydrogen (secondary N) is 1. The summed E-state index contributed by atoms with van der Waals surface area (Å²) in [7, 11) is 1.67. The second kappa shape index (κ2) is 7.12. The zero-order valence-electron chi connectivity index (χ0n) is 13.1. The number of aromatic amines is 1. The Balaban J connectivity index is 1.79. The highest BCUT2D eigenvalue weighted by molar-refractivity contribution is 5.86. The number of aromatic nitrogens is 3. The molecule has 24 heavy (non-hydrogen) atoms. The van der Waals surface area contributed by atoms with E-state index < -0.39 is 11.6 Å². The van der Waals surface area contributed by atoms with Crippen LogP contribution in [0.3, 0.4) is 0 Å². The monoisotopic (exact) mass is 326 g/mol. The van der Waals surface area contributed by atoms with Crippen molar-refractivity contribution in [3.05, 3.63) is 70.9 Å². The van der Waals surface area contributed by atoms with Gasteiger partial charge in [-0.05, 0) is 36.1 Å². The van der Waals surface area contributed by atoms with Crippen LogP contribution in [0.25, 0.3) is 11.3 Å². The fourth-order valence-electron chi connectivity index (χ4n) is 2.54. The van der Waals surface area contributed by atoms with Gasteiger partial charge >= 0.3 is 0 Å². The molecule has 1 aromatic heterocycles. The van der Waals surface area contributed by atoms with Gasteiger partial charge in [-0.15, -0.1) is 0 Å². The third-order valence-electron chi connectivity index (χ3n) is 3.72. The van der Waals surface area contributed by atoms with Crippen LogP contribution in [0.2, 0.25) is 0 Å². The Kier molecular flexibility index (Phi) is 4.74. The second-order valence-electron chi connectivity index (χ2n) is 5.38. The number of rotatable bonds is 5. The Morgan fingerprint density at radius 2 is 1.96 bits per heavy atom. The lowest BCUT2D eigenvalue weighted by Gasteiger charge is -2.06. The number of aliphatic imine (C=N–C) groups is 1. The smallest absolute Gasteiger partial charge is 0.131 e. The van der Waals surface area contributed by atoms with Crippen molar-refractivity contribution in [1.82, 2.24) is 15.4 Å². The number of hydrogen-bond donors (Lipinski definition) is 1. The van der Waals surface area contributed by atoms with Gasteiger partial charge in [0.05, 0.1) is 6.21 Å². The normalized spacial score (nSPS) is 11.3. The molecule has 0 unspecified atom stereocenters. The zero-order chi connectivity index (χ0) is 16.9. The van der Waals surface area contributed by atoms with E-state index in [0.717, 1.165) is 22.9 Å². The van der Waals surface area contributed by atoms with Gasteiger partial charge in [0, 0.05) is 18.7 Å². The Hall–Kier alpha value is -2.89. The Labute approximate surface area is 138 Å². The molecule has 0 radical (unpaired) electrons. The van der Waals surface area contributed by atoms with Gasteiger partial charge in [-0.2, -0.15) is 15.4 Å². The summed E-state index contributed by atoms with van der Waals surface area (Å²) in [6.45, 7) is 0. The van der Waals surface area contributed by atoms with Crippen LogP contribution in [0.15, 0.2) is 47.5 Å². The number of H-pyrrole nitrogens is 1. The van der Waals surface area contributed by atoms with Gasteiger partial charge in [-0.1, -0.05) is 24.3 Å². The Morgan fingerprint density at radius 1 is 1.08 bits per heavy atom. The number of nitrogens with zero attached hydrogens (tertiary/aromatic N) is 3. The first kappa shape index (κ1) is 16.0. The van der Waals surface area contributed by atoms with E-state index in [2.05, 4.69) is 20.4 Å². The van der Waals surface area contributed by atoms with Crippen molar-refractivity contribution < 1.29 is 8.78 Å². The van der Waals surface area contributed by atoms with E-state index in [1.54, 1.807) is 13.3 Å². The lowest BCUT2D eigenvalue weighted by Crippen LogP contribution is -1.96. The van der Waals surface area contributed by atoms with Crippen molar-refractivity contribution >= 4 is 6.21 Å². The van der Waals surface area contributed by atoms with Crippen LogP contribution in [0.5, 0.6) is 0 Å². The topological polar surface area (TPSA) is 53.9 Å². The minimum atomic E-state index is -0.561. The van der Waals surface area contributed by atoms with Crippen LogP contribution < -0.4 is 0 Å². The first-order valence-electron chi connectivity index (χ1n) is 7.53. The van der Waals surface area contributed by atoms with E-state index in [-0.39, 0.29) is 0 Å². The van der Waals surface area contributed by atoms with Crippen molar-refractivity contribution in [3.8, 4) is 11.3 Å². The minimum Gasteiger partial charge on any atom is -0.294 e. The third kappa shape index (κ3) is 3.53. The highest BCUT2D eigenvalue weighted by Crippen LogP contribution is 2.21. The molecule has 3 aromatic rings. The second-order valence-corrected chi connectivity index (χ2v) is 5.38. The molecule has 2 aromatic carbocycles. The van der Waals surface area contributed by atoms with Crippen LogP contribution in [-0.2, 0) is 12.8 Å². The molecule has 0 aliphatic carbocycles. The first-order chi connectivity index (χ1) is 11.7. The summed E-state index contributed by atoms with van der Waals surface area (Å²) in [5.41, 5.74) is 3.84. The van der Waals surface area contributed by atoms with Crippen molar-refractivity contribution in [3.63, 3.8) is 0 Å². The molecule has 0 saturated heterocycles. The summed E-state index contributed by atoms with van der Waals surface area (Å²) in [5, 5.41) is 10.8. The quantitative estimate of drug-likeness (QED) is 0.729. The largest absolute Gasteiger partial charge is 0.294 e. The van der Waals surface area contributed by atoms with Gasteiger partial charge < -0.3 is 0 Å². The summed E-state index contributed by atoms with van der Waals surface area (Å²) >= 11 is 0. The van der Waals surface area contributed by atoms with Crippen LogP contribution >= 0.6 is 0 Å². The van der Waals surface area contributed by atoms with Gasteiger partial charge in [0.15, 0.2) is 0 Å². The van der Waals surface area contributed by atoms with Gasteiger partial charge in [0.25, 0.3) is 0 Å². The Morgan fingerprint density at radius 3 is 2.75 bits per heavy atom. The van der Waals surface area contributed by atoms with E-state index in [0.29, 0.717) is 24.1 Å². The summed E-state index contributed by atoms with van der Waals surface area (Å²) in [5.74, 6) is -1.07. The van der Waals surface area contributed by atoms with Crippen molar-refractivity contribution in [1.29, 1.82) is 0 Å². The minimum absolute atomic E-state index is 0.498. The molecule has 0 saturated carbocycles. The molecule has 4 nitrogen and oxygen atoms in total. The average Bonchev–Trinajstić information content (AvgIpc) is 3.03. The molecule has 0 amide bonds. The molecule has 0 aliphatic rings. The van der Waals surface area contributed by atoms with E-state index >= 15 is 0 Å². The molecule has 6 heteroatoms. The van der Waals surface area contributed by atoms with Crippen molar-refractivity contribution in [2.45, 2.75) is 12.8 Å². The maximum absolute atomic E-state index is 13.7. The van der Waals surface area contributed by atoms with Crippen molar-refractivity contribution in [2.75, 3.05) is 7.05 Å². The predicted octanol–water partition coefficient (Wildman–Crippen LogP) is 3.58. The lowest BCUT2D eigenvalue weighted by molar-refractivity contribution is 0.571. The molecule has 3 rings (SSSR count). The van der Waals surface area contributed by atoms with Crippen LogP contribution in [0, 0.1) is 11.6 Å². The fraction of sp³-hybridized carbons (Fsp3) is 0.167. The van der Waals surface area contributed by atoms with E-state index in [1.807, 2.05) is 24.3 Å². The van der Waals surface area contributed by atoms with Crippen LogP contribution in [0.1, 0.15) is 16.8 Å². The van der Waals surface area contributed by atoms with Crippen molar-refractivity contribution in [2.24, 2.45) is 4.99 Å². The summed E-state index contributed by atoms with van der Waals surface area (Å²) in [6, 6.07) is 11.5. The molecule has 0 fully saturated rings. The first-order valence-corrected chi connectivity index (χ1v) is 7.53. The fourth-order valence-corrected chi connectivity index (χ4v) is 2.54. The van der Waals surface area contributed by atoms with Gasteiger partial charge in [-0.25, -0.2) is 8.78 Å². The van der Waals surface area contributed by atoms with Gasteiger partial charge in [-0.3, -0.25) is 4.99 Å². The summed E-state index contributed by atoms with van der Waals surface area (Å²) < 4.78 is 26.7. The highest BCUT2D eigenvalue weighted by atomic mass is 19.1. The standard InChI is InChI=1S/C18H16F2N4/c1-21-11-17-18(23-24-22-17)14-4-2-3-12(9-14)5-6-13-7-8-15(19)10-16(13)20/h2-4,7-11H,5-6H2,1H3,(H,22,23,24). The van der Waals surface area contributed by atoms with Gasteiger partial charge in [0.2, 0.25) is 0 Å². The lowest BCUT2D eigenvalue weighted by atomic mass is 10.0. The maximum atomic E-state index is 13.7. The predicted molar refractivity (Wildman–Crippen MR) is 89.1 cm³/mol. The molecular formula is C18H16F2N4. The van der Waals surface area contributed by atoms with E-state index in [1.165, 1.54) is 12.1 Å². The highest BCUT2D eigenvalue weighted by Gasteiger charge is 2.09. The average molecular weight is 326 g/mol. The number of benzene rings is 2. The van der Waals surface area contributed by atoms with E-state index in [9.17, 15) is 8.78 Å². The summed E-state index contributed by atoms with van der Waals surface area (Å²) in [6.07, 6.45) is 2.78. The number of halogens is 2. The van der Waals surface area contributed by atoms with Gasteiger partial charge in [0.1, 0.15) is 23.0 Å². The van der Waals surface area contributed by atoms with Crippen LogP contribution in [0.4, 0.5) is 8.78 Å². The SMILES string of the molecule is CN=Cc1n[nH]nc1-c1cccc(CCc2ccc(F)cc2F)c1. The molecular weight excluding hydrogens is 310 g/mol. The number of hydrogen-bond acceptors (Lipinski definition) is 3. The molecule has 0 aliphatic heterocycles. The molecule has 0 atom stereocenters. The zero-order valence-corrected chi connectivity index (χ0v) is 13.1. The molecule has 0 bridgehead atoms. The maximum Gasteiger partial charge on any atom is 0.131 e. The molecule has 122 valence electrons.